The molecule has 1 heterocycles. The Morgan fingerprint density at radius 1 is 1.48 bits per heavy atom. The molecule has 0 spiro atoms. The third kappa shape index (κ3) is 4.07. The highest BCUT2D eigenvalue weighted by atomic mass is 79.9. The molecule has 8 heteroatoms. The van der Waals surface area contributed by atoms with E-state index in [1.807, 2.05) is 6.92 Å². The number of carboxylic acid groups (broad SMARTS) is 1. The minimum Gasteiger partial charge on any atom is -0.481 e. The van der Waals surface area contributed by atoms with E-state index < -0.39 is 16.8 Å². The van der Waals surface area contributed by atoms with Crippen molar-refractivity contribution in [1.29, 1.82) is 0 Å². The van der Waals surface area contributed by atoms with Gasteiger partial charge in [0, 0.05) is 29.7 Å². The molecule has 7 nitrogen and oxygen atoms in total. The first kappa shape index (κ1) is 17.4. The Hall–Kier alpha value is -1.96. The van der Waals surface area contributed by atoms with E-state index in [4.69, 9.17) is 5.11 Å². The summed E-state index contributed by atoms with van der Waals surface area (Å²) < 4.78 is 0.522. The van der Waals surface area contributed by atoms with Gasteiger partial charge in [-0.3, -0.25) is 19.7 Å². The molecule has 2 rings (SSSR count). The van der Waals surface area contributed by atoms with Gasteiger partial charge in [0.2, 0.25) is 5.91 Å². The number of hydrogen-bond acceptors (Lipinski definition) is 4. The quantitative estimate of drug-likeness (QED) is 0.634. The number of likely N-dealkylation sites (tertiary alicyclic amines) is 1. The second kappa shape index (κ2) is 7.08. The molecule has 1 amide bonds. The Morgan fingerprint density at radius 2 is 2.17 bits per heavy atom. The fourth-order valence-electron chi connectivity index (χ4n) is 2.81. The summed E-state index contributed by atoms with van der Waals surface area (Å²) in [5.41, 5.74) is 0.637. The van der Waals surface area contributed by atoms with Crippen LogP contribution in [0.25, 0.3) is 0 Å². The fraction of sp³-hybridized carbons (Fsp3) is 0.467. The average Bonchev–Trinajstić information content (AvgIpc) is 2.48. The Kier molecular flexibility index (Phi) is 5.35. The fourth-order valence-corrected chi connectivity index (χ4v) is 3.31. The van der Waals surface area contributed by atoms with Crippen LogP contribution in [0.5, 0.6) is 0 Å². The largest absolute Gasteiger partial charge is 0.481 e. The van der Waals surface area contributed by atoms with E-state index in [0.717, 1.165) is 0 Å². The Morgan fingerprint density at radius 3 is 2.70 bits per heavy atom. The molecule has 0 saturated carbocycles. The maximum atomic E-state index is 12.4. The number of piperidine rings is 1. The van der Waals surface area contributed by atoms with Gasteiger partial charge in [-0.2, -0.15) is 0 Å². The molecule has 0 aliphatic carbocycles. The zero-order valence-corrected chi connectivity index (χ0v) is 14.2. The third-order valence-corrected chi connectivity index (χ3v) is 4.90. The van der Waals surface area contributed by atoms with Crippen LogP contribution in [0.3, 0.4) is 0 Å². The number of aliphatic carboxylic acids is 1. The number of hydrogen-bond donors (Lipinski definition) is 1. The summed E-state index contributed by atoms with van der Waals surface area (Å²) in [5, 5.41) is 19.8. The number of non-ortho nitro benzene ring substituents is 1. The molecular weight excluding hydrogens is 368 g/mol. The molecule has 0 bridgehead atoms. The standard InChI is InChI=1S/C15H17BrN2O5/c1-9-8-17(5-4-12(9)15(20)21)14(19)6-10-2-3-11(18(22)23)7-13(10)16/h2-3,7,9,12H,4-6,8H2,1H3,(H,20,21). The predicted molar refractivity (Wildman–Crippen MR) is 86.0 cm³/mol. The van der Waals surface area contributed by atoms with Crippen molar-refractivity contribution in [2.24, 2.45) is 11.8 Å². The number of rotatable bonds is 4. The molecule has 23 heavy (non-hydrogen) atoms. The van der Waals surface area contributed by atoms with Gasteiger partial charge in [0.25, 0.3) is 5.69 Å². The lowest BCUT2D eigenvalue weighted by molar-refractivity contribution is -0.384. The van der Waals surface area contributed by atoms with Crippen LogP contribution in [0.2, 0.25) is 0 Å². The van der Waals surface area contributed by atoms with Crippen LogP contribution in [-0.4, -0.2) is 39.9 Å². The van der Waals surface area contributed by atoms with Gasteiger partial charge in [0.15, 0.2) is 0 Å². The second-order valence-electron chi connectivity index (χ2n) is 5.76. The summed E-state index contributed by atoms with van der Waals surface area (Å²) >= 11 is 3.26. The summed E-state index contributed by atoms with van der Waals surface area (Å²) in [7, 11) is 0. The lowest BCUT2D eigenvalue weighted by Gasteiger charge is -2.35. The molecule has 1 saturated heterocycles. The van der Waals surface area contributed by atoms with E-state index in [-0.39, 0.29) is 23.9 Å². The molecule has 0 aromatic heterocycles. The van der Waals surface area contributed by atoms with Gasteiger partial charge in [-0.25, -0.2) is 0 Å². The van der Waals surface area contributed by atoms with Crippen LogP contribution >= 0.6 is 15.9 Å². The van der Waals surface area contributed by atoms with E-state index in [2.05, 4.69) is 15.9 Å². The third-order valence-electron chi connectivity index (χ3n) is 4.16. The minimum absolute atomic E-state index is 0.0380. The summed E-state index contributed by atoms with van der Waals surface area (Å²) in [6, 6.07) is 4.31. The molecule has 1 aromatic carbocycles. The Labute approximate surface area is 141 Å². The highest BCUT2D eigenvalue weighted by molar-refractivity contribution is 9.10. The van der Waals surface area contributed by atoms with Crippen LogP contribution in [0.15, 0.2) is 22.7 Å². The highest BCUT2D eigenvalue weighted by Gasteiger charge is 2.33. The van der Waals surface area contributed by atoms with E-state index in [0.29, 0.717) is 29.5 Å². The van der Waals surface area contributed by atoms with Gasteiger partial charge in [-0.05, 0) is 17.9 Å². The minimum atomic E-state index is -0.817. The summed E-state index contributed by atoms with van der Waals surface area (Å²) in [6.07, 6.45) is 0.576. The first-order valence-corrected chi connectivity index (χ1v) is 8.02. The molecule has 1 aliphatic heterocycles. The monoisotopic (exact) mass is 384 g/mol. The zero-order valence-electron chi connectivity index (χ0n) is 12.6. The molecular formula is C15H17BrN2O5. The maximum Gasteiger partial charge on any atom is 0.306 e. The SMILES string of the molecule is CC1CN(C(=O)Cc2ccc([N+](=O)[O-])cc2Br)CCC1C(=O)O. The Balaban J connectivity index is 2.03. The van der Waals surface area contributed by atoms with E-state index in [1.54, 1.807) is 11.0 Å². The van der Waals surface area contributed by atoms with Gasteiger partial charge < -0.3 is 10.0 Å². The van der Waals surface area contributed by atoms with Crippen molar-refractivity contribution in [3.8, 4) is 0 Å². The molecule has 2 unspecified atom stereocenters. The lowest BCUT2D eigenvalue weighted by atomic mass is 9.87. The lowest BCUT2D eigenvalue weighted by Crippen LogP contribution is -2.45. The first-order valence-electron chi connectivity index (χ1n) is 7.23. The van der Waals surface area contributed by atoms with Crippen LogP contribution < -0.4 is 0 Å². The maximum absolute atomic E-state index is 12.4. The van der Waals surface area contributed by atoms with Crippen LogP contribution in [0.1, 0.15) is 18.9 Å². The number of nitro groups is 1. The van der Waals surface area contributed by atoms with Crippen molar-refractivity contribution < 1.29 is 19.6 Å². The predicted octanol–water partition coefficient (Wildman–Crippen LogP) is 2.47. The van der Waals surface area contributed by atoms with Crippen LogP contribution in [0, 0.1) is 22.0 Å². The van der Waals surface area contributed by atoms with Gasteiger partial charge in [0.1, 0.15) is 0 Å². The van der Waals surface area contributed by atoms with Gasteiger partial charge in [-0.1, -0.05) is 28.9 Å². The topological polar surface area (TPSA) is 101 Å². The van der Waals surface area contributed by atoms with E-state index in [1.165, 1.54) is 12.1 Å². The molecule has 1 aromatic rings. The average molecular weight is 385 g/mol. The van der Waals surface area contributed by atoms with Crippen molar-refractivity contribution in [1.82, 2.24) is 4.90 Å². The second-order valence-corrected chi connectivity index (χ2v) is 6.61. The number of carbonyl (C=O) groups is 2. The van der Waals surface area contributed by atoms with Gasteiger partial charge in [-0.15, -0.1) is 0 Å². The van der Waals surface area contributed by atoms with E-state index >= 15 is 0 Å². The molecule has 0 radical (unpaired) electrons. The van der Waals surface area contributed by atoms with Crippen molar-refractivity contribution in [2.45, 2.75) is 19.8 Å². The number of halogens is 1. The molecule has 1 fully saturated rings. The van der Waals surface area contributed by atoms with Gasteiger partial charge in [0.05, 0.1) is 17.3 Å². The van der Waals surface area contributed by atoms with Crippen LogP contribution in [-0.2, 0) is 16.0 Å². The highest BCUT2D eigenvalue weighted by Crippen LogP contribution is 2.26. The number of carboxylic acids is 1. The van der Waals surface area contributed by atoms with Gasteiger partial charge >= 0.3 is 5.97 Å². The summed E-state index contributed by atoms with van der Waals surface area (Å²) in [5.74, 6) is -1.42. The molecule has 2 atom stereocenters. The number of nitrogens with zero attached hydrogens (tertiary/aromatic N) is 2. The zero-order chi connectivity index (χ0) is 17.1. The number of carbonyl (C=O) groups excluding carboxylic acids is 1. The van der Waals surface area contributed by atoms with Crippen molar-refractivity contribution in [2.75, 3.05) is 13.1 Å². The van der Waals surface area contributed by atoms with Crippen molar-refractivity contribution in [3.05, 3.63) is 38.3 Å². The summed E-state index contributed by atoms with van der Waals surface area (Å²) in [4.78, 5) is 35.4. The number of nitro benzene ring substituents is 1. The number of amides is 1. The normalized spacial score (nSPS) is 21.0. The molecule has 1 aliphatic rings. The summed E-state index contributed by atoms with van der Waals surface area (Å²) in [6.45, 7) is 2.67. The molecule has 124 valence electrons. The Bertz CT molecular complexity index is 649. The smallest absolute Gasteiger partial charge is 0.306 e. The van der Waals surface area contributed by atoms with Crippen molar-refractivity contribution in [3.63, 3.8) is 0 Å². The van der Waals surface area contributed by atoms with Crippen molar-refractivity contribution >= 4 is 33.5 Å². The number of benzene rings is 1. The van der Waals surface area contributed by atoms with Crippen LogP contribution in [0.4, 0.5) is 5.69 Å². The first-order chi connectivity index (χ1) is 10.8. The molecule has 1 N–H and O–H groups in total. The van der Waals surface area contributed by atoms with E-state index in [9.17, 15) is 19.7 Å².